The van der Waals surface area contributed by atoms with Crippen molar-refractivity contribution in [3.8, 4) is 5.75 Å². The number of carbonyl (C=O) groups is 1. The van der Waals surface area contributed by atoms with Crippen molar-refractivity contribution in [2.75, 3.05) is 39.3 Å². The molecule has 4 heteroatoms. The van der Waals surface area contributed by atoms with Gasteiger partial charge in [0.05, 0.1) is 5.56 Å². The van der Waals surface area contributed by atoms with Crippen LogP contribution >= 0.6 is 0 Å². The van der Waals surface area contributed by atoms with Crippen LogP contribution in [-0.4, -0.2) is 61.0 Å². The SMILES string of the molecule is CC1CCCN(CCCCC(=O)c2ccccc2OC2CCN(CC(c3ccccc3)c3ccccc3)CC2)C1. The first-order valence-electron chi connectivity index (χ1n) is 15.5. The van der Waals surface area contributed by atoms with Gasteiger partial charge in [-0.3, -0.25) is 4.79 Å². The van der Waals surface area contributed by atoms with Gasteiger partial charge in [-0.15, -0.1) is 0 Å². The molecule has 212 valence electrons. The summed E-state index contributed by atoms with van der Waals surface area (Å²) in [5.74, 6) is 2.15. The summed E-state index contributed by atoms with van der Waals surface area (Å²) in [5.41, 5.74) is 3.49. The molecule has 0 amide bonds. The highest BCUT2D eigenvalue weighted by Gasteiger charge is 2.25. The molecule has 0 radical (unpaired) electrons. The van der Waals surface area contributed by atoms with Crippen LogP contribution in [0.5, 0.6) is 5.75 Å². The number of ketones is 1. The van der Waals surface area contributed by atoms with Crippen LogP contribution in [0.1, 0.15) is 79.3 Å². The largest absolute Gasteiger partial charge is 0.490 e. The molecule has 0 aliphatic carbocycles. The Morgan fingerprint density at radius 2 is 1.45 bits per heavy atom. The van der Waals surface area contributed by atoms with Crippen molar-refractivity contribution in [1.29, 1.82) is 0 Å². The van der Waals surface area contributed by atoms with Gasteiger partial charge < -0.3 is 14.5 Å². The number of piperidine rings is 2. The highest BCUT2D eigenvalue weighted by atomic mass is 16.5. The van der Waals surface area contributed by atoms with Crippen molar-refractivity contribution in [3.63, 3.8) is 0 Å². The Labute approximate surface area is 241 Å². The summed E-state index contributed by atoms with van der Waals surface area (Å²) < 4.78 is 6.49. The van der Waals surface area contributed by atoms with Crippen LogP contribution in [-0.2, 0) is 0 Å². The van der Waals surface area contributed by atoms with Gasteiger partial charge in [0.1, 0.15) is 11.9 Å². The van der Waals surface area contributed by atoms with Crippen molar-refractivity contribution in [2.45, 2.75) is 63.9 Å². The molecule has 2 saturated heterocycles. The lowest BCUT2D eigenvalue weighted by Crippen LogP contribution is -2.40. The Morgan fingerprint density at radius 3 is 2.12 bits per heavy atom. The molecular weight excluding hydrogens is 492 g/mol. The summed E-state index contributed by atoms with van der Waals surface area (Å²) in [7, 11) is 0. The number of unbranched alkanes of at least 4 members (excludes halogenated alkanes) is 1. The first kappa shape index (κ1) is 28.6. The van der Waals surface area contributed by atoms with Gasteiger partial charge in [0.15, 0.2) is 5.78 Å². The molecule has 0 N–H and O–H groups in total. The first-order chi connectivity index (χ1) is 19.7. The molecule has 2 heterocycles. The third kappa shape index (κ3) is 8.05. The number of ether oxygens (including phenoxy) is 1. The molecular formula is C36H46N2O2. The van der Waals surface area contributed by atoms with Gasteiger partial charge >= 0.3 is 0 Å². The molecule has 0 aromatic heterocycles. The second kappa shape index (κ2) is 14.6. The summed E-state index contributed by atoms with van der Waals surface area (Å²) in [6, 6.07) is 29.6. The molecule has 3 aromatic carbocycles. The predicted octanol–water partition coefficient (Wildman–Crippen LogP) is 7.45. The van der Waals surface area contributed by atoms with Crippen LogP contribution in [0.2, 0.25) is 0 Å². The Hall–Kier alpha value is -2.95. The molecule has 4 nitrogen and oxygen atoms in total. The standard InChI is InChI=1S/C36H46N2O2/c1-29-13-12-24-37(27-29)23-11-10-19-35(39)33-18-8-9-20-36(33)40-32-21-25-38(26-22-32)28-34(30-14-4-2-5-15-30)31-16-6-3-7-17-31/h2-9,14-18,20,29,32,34H,10-13,19,21-28H2,1H3. The average molecular weight is 539 g/mol. The van der Waals surface area contributed by atoms with Gasteiger partial charge in [0.25, 0.3) is 0 Å². The van der Waals surface area contributed by atoms with Gasteiger partial charge in [-0.2, -0.15) is 0 Å². The normalized spacial score (nSPS) is 19.1. The second-order valence-electron chi connectivity index (χ2n) is 11.9. The summed E-state index contributed by atoms with van der Waals surface area (Å²) in [4.78, 5) is 18.3. The number of para-hydroxylation sites is 1. The first-order valence-corrected chi connectivity index (χ1v) is 15.5. The number of carbonyl (C=O) groups excluding carboxylic acids is 1. The van der Waals surface area contributed by atoms with Crippen molar-refractivity contribution < 1.29 is 9.53 Å². The third-order valence-corrected chi connectivity index (χ3v) is 8.73. The number of nitrogens with zero attached hydrogens (tertiary/aromatic N) is 2. The zero-order valence-corrected chi connectivity index (χ0v) is 24.2. The lowest BCUT2D eigenvalue weighted by molar-refractivity contribution is 0.0914. The van der Waals surface area contributed by atoms with E-state index < -0.39 is 0 Å². The number of likely N-dealkylation sites (tertiary alicyclic amines) is 2. The number of Topliss-reactive ketones (excluding diaryl/α,β-unsaturated/α-hetero) is 1. The number of hydrogen-bond acceptors (Lipinski definition) is 4. The molecule has 1 atom stereocenters. The molecule has 2 aliphatic heterocycles. The minimum absolute atomic E-state index is 0.151. The van der Waals surface area contributed by atoms with Crippen LogP contribution in [0.25, 0.3) is 0 Å². The zero-order chi connectivity index (χ0) is 27.6. The minimum Gasteiger partial charge on any atom is -0.490 e. The average Bonchev–Trinajstić information content (AvgIpc) is 3.00. The molecule has 0 saturated carbocycles. The van der Waals surface area contributed by atoms with Crippen LogP contribution in [0.4, 0.5) is 0 Å². The van der Waals surface area contributed by atoms with Crippen molar-refractivity contribution in [3.05, 3.63) is 102 Å². The Balaban J connectivity index is 1.11. The van der Waals surface area contributed by atoms with Gasteiger partial charge in [-0.05, 0) is 80.8 Å². The maximum Gasteiger partial charge on any atom is 0.166 e. The summed E-state index contributed by atoms with van der Waals surface area (Å²) in [6.45, 7) is 8.91. The third-order valence-electron chi connectivity index (χ3n) is 8.73. The van der Waals surface area contributed by atoms with E-state index in [9.17, 15) is 4.79 Å². The van der Waals surface area contributed by atoms with Gasteiger partial charge in [0, 0.05) is 38.5 Å². The number of rotatable bonds is 12. The molecule has 1 unspecified atom stereocenters. The fourth-order valence-electron chi connectivity index (χ4n) is 6.47. The minimum atomic E-state index is 0.151. The van der Waals surface area contributed by atoms with Gasteiger partial charge in [-0.25, -0.2) is 0 Å². The van der Waals surface area contributed by atoms with Crippen LogP contribution in [0, 0.1) is 5.92 Å². The molecule has 2 aliphatic rings. The van der Waals surface area contributed by atoms with E-state index in [4.69, 9.17) is 4.74 Å². The number of benzene rings is 3. The Kier molecular flexibility index (Phi) is 10.4. The van der Waals surface area contributed by atoms with E-state index >= 15 is 0 Å². The Bertz CT molecular complexity index is 1130. The maximum absolute atomic E-state index is 13.2. The Morgan fingerprint density at radius 1 is 0.800 bits per heavy atom. The lowest BCUT2D eigenvalue weighted by atomic mass is 9.90. The van der Waals surface area contributed by atoms with E-state index in [1.807, 2.05) is 24.3 Å². The van der Waals surface area contributed by atoms with E-state index in [-0.39, 0.29) is 11.9 Å². The predicted molar refractivity (Wildman–Crippen MR) is 164 cm³/mol. The topological polar surface area (TPSA) is 32.8 Å². The smallest absolute Gasteiger partial charge is 0.166 e. The highest BCUT2D eigenvalue weighted by molar-refractivity contribution is 5.98. The van der Waals surface area contributed by atoms with E-state index in [2.05, 4.69) is 77.4 Å². The molecule has 0 spiro atoms. The van der Waals surface area contributed by atoms with Crippen LogP contribution in [0.3, 0.4) is 0 Å². The second-order valence-corrected chi connectivity index (χ2v) is 11.9. The fraction of sp³-hybridized carbons (Fsp3) is 0.472. The summed E-state index contributed by atoms with van der Waals surface area (Å²) >= 11 is 0. The summed E-state index contributed by atoms with van der Waals surface area (Å²) in [5, 5.41) is 0. The van der Waals surface area contributed by atoms with E-state index in [1.165, 1.54) is 37.1 Å². The van der Waals surface area contributed by atoms with Crippen molar-refractivity contribution in [1.82, 2.24) is 9.80 Å². The maximum atomic E-state index is 13.2. The molecule has 5 rings (SSSR count). The van der Waals surface area contributed by atoms with Crippen molar-refractivity contribution in [2.24, 2.45) is 5.92 Å². The highest BCUT2D eigenvalue weighted by Crippen LogP contribution is 2.29. The monoisotopic (exact) mass is 538 g/mol. The van der Waals surface area contributed by atoms with E-state index in [0.29, 0.717) is 12.3 Å². The molecule has 0 bridgehead atoms. The van der Waals surface area contributed by atoms with Crippen molar-refractivity contribution >= 4 is 5.78 Å². The zero-order valence-electron chi connectivity index (χ0n) is 24.2. The number of hydrogen-bond donors (Lipinski definition) is 0. The quantitative estimate of drug-likeness (QED) is 0.177. The lowest BCUT2D eigenvalue weighted by Gasteiger charge is -2.35. The molecule has 2 fully saturated rings. The van der Waals surface area contributed by atoms with E-state index in [1.54, 1.807) is 0 Å². The van der Waals surface area contributed by atoms with Gasteiger partial charge in [-0.1, -0.05) is 79.7 Å². The molecule has 40 heavy (non-hydrogen) atoms. The molecule has 3 aromatic rings. The van der Waals surface area contributed by atoms with Gasteiger partial charge in [0.2, 0.25) is 0 Å². The van der Waals surface area contributed by atoms with Crippen LogP contribution < -0.4 is 4.74 Å². The summed E-state index contributed by atoms with van der Waals surface area (Å²) in [6.07, 6.45) is 7.41. The fourth-order valence-corrected chi connectivity index (χ4v) is 6.47. The van der Waals surface area contributed by atoms with E-state index in [0.717, 1.165) is 69.1 Å². The van der Waals surface area contributed by atoms with Crippen LogP contribution in [0.15, 0.2) is 84.9 Å².